The second-order valence-corrected chi connectivity index (χ2v) is 9.68. The molecular formula is C15H28N2O4S. The van der Waals surface area contributed by atoms with Crippen molar-refractivity contribution in [1.82, 2.24) is 10.6 Å². The summed E-state index contributed by atoms with van der Waals surface area (Å²) in [6.45, 7) is 5.97. The Morgan fingerprint density at radius 1 is 1.27 bits per heavy atom. The lowest BCUT2D eigenvalue weighted by atomic mass is 10.1. The van der Waals surface area contributed by atoms with Crippen LogP contribution in [0.5, 0.6) is 0 Å². The second kappa shape index (κ2) is 6.74. The molecule has 2 unspecified atom stereocenters. The first kappa shape index (κ1) is 17.5. The van der Waals surface area contributed by atoms with E-state index < -0.39 is 21.5 Å². The number of sulfone groups is 1. The minimum absolute atomic E-state index is 0.00443. The summed E-state index contributed by atoms with van der Waals surface area (Å²) in [5.41, 5.74) is -0.510. The lowest BCUT2D eigenvalue weighted by molar-refractivity contribution is 0.0520. The summed E-state index contributed by atoms with van der Waals surface area (Å²) in [5.74, 6) is 1.04. The highest BCUT2D eigenvalue weighted by atomic mass is 32.2. The van der Waals surface area contributed by atoms with Gasteiger partial charge in [0.2, 0.25) is 0 Å². The van der Waals surface area contributed by atoms with Gasteiger partial charge in [-0.3, -0.25) is 0 Å². The molecule has 6 nitrogen and oxygen atoms in total. The largest absolute Gasteiger partial charge is 0.444 e. The third-order valence-electron chi connectivity index (χ3n) is 3.97. The molecule has 2 fully saturated rings. The standard InChI is InChI=1S/C15H28N2O4S/c1-15(2,3)21-14(18)16-9-13(11-6-7-11)17-12-5-4-8-22(19,20)10-12/h11-13,17H,4-10H2,1-3H3,(H,16,18). The third-order valence-corrected chi connectivity index (χ3v) is 5.79. The van der Waals surface area contributed by atoms with E-state index in [9.17, 15) is 13.2 Å². The van der Waals surface area contributed by atoms with Gasteiger partial charge in [0, 0.05) is 18.6 Å². The number of alkyl carbamates (subject to hydrolysis) is 1. The molecule has 0 spiro atoms. The maximum atomic E-state index is 11.7. The van der Waals surface area contributed by atoms with E-state index in [1.165, 1.54) is 0 Å². The molecule has 1 amide bonds. The van der Waals surface area contributed by atoms with E-state index in [4.69, 9.17) is 4.74 Å². The Bertz CT molecular complexity index is 494. The molecule has 1 heterocycles. The lowest BCUT2D eigenvalue weighted by Gasteiger charge is -2.29. The molecule has 2 aliphatic rings. The maximum absolute atomic E-state index is 11.7. The van der Waals surface area contributed by atoms with Crippen molar-refractivity contribution in [2.24, 2.45) is 5.92 Å². The van der Waals surface area contributed by atoms with Crippen LogP contribution in [0.25, 0.3) is 0 Å². The van der Waals surface area contributed by atoms with Crippen LogP contribution in [0.15, 0.2) is 0 Å². The molecule has 7 heteroatoms. The van der Waals surface area contributed by atoms with Gasteiger partial charge in [-0.15, -0.1) is 0 Å². The molecular weight excluding hydrogens is 304 g/mol. The highest BCUT2D eigenvalue weighted by Gasteiger charge is 2.35. The average Bonchev–Trinajstić information content (AvgIpc) is 3.15. The summed E-state index contributed by atoms with van der Waals surface area (Å²) in [6, 6.07) is 0.135. The van der Waals surface area contributed by atoms with E-state index in [1.807, 2.05) is 20.8 Å². The van der Waals surface area contributed by atoms with Crippen LogP contribution in [0.4, 0.5) is 4.79 Å². The van der Waals surface area contributed by atoms with Crippen molar-refractivity contribution in [1.29, 1.82) is 0 Å². The van der Waals surface area contributed by atoms with Crippen LogP contribution in [0.1, 0.15) is 46.5 Å². The zero-order valence-corrected chi connectivity index (χ0v) is 14.5. The Morgan fingerprint density at radius 2 is 1.95 bits per heavy atom. The Labute approximate surface area is 133 Å². The van der Waals surface area contributed by atoms with Crippen LogP contribution in [0.3, 0.4) is 0 Å². The van der Waals surface area contributed by atoms with Crippen LogP contribution in [0.2, 0.25) is 0 Å². The predicted molar refractivity (Wildman–Crippen MR) is 85.6 cm³/mol. The first-order valence-corrected chi connectivity index (χ1v) is 9.90. The number of carbonyl (C=O) groups is 1. The van der Waals surface area contributed by atoms with Crippen LogP contribution in [-0.4, -0.2) is 50.2 Å². The van der Waals surface area contributed by atoms with Crippen molar-refractivity contribution < 1.29 is 17.9 Å². The average molecular weight is 332 g/mol. The molecule has 0 aromatic carbocycles. The van der Waals surface area contributed by atoms with E-state index >= 15 is 0 Å². The van der Waals surface area contributed by atoms with E-state index in [1.54, 1.807) is 0 Å². The fraction of sp³-hybridized carbons (Fsp3) is 0.933. The summed E-state index contributed by atoms with van der Waals surface area (Å²) >= 11 is 0. The third kappa shape index (κ3) is 6.12. The van der Waals surface area contributed by atoms with Gasteiger partial charge in [0.05, 0.1) is 11.5 Å². The molecule has 1 aliphatic carbocycles. The molecule has 0 radical (unpaired) electrons. The van der Waals surface area contributed by atoms with Crippen LogP contribution in [0, 0.1) is 5.92 Å². The first-order chi connectivity index (χ1) is 10.1. The summed E-state index contributed by atoms with van der Waals surface area (Å²) in [5, 5.41) is 6.24. The number of carbonyl (C=O) groups excluding carboxylic acids is 1. The van der Waals surface area contributed by atoms with E-state index in [-0.39, 0.29) is 17.8 Å². The van der Waals surface area contributed by atoms with Gasteiger partial charge in [-0.05, 0) is 52.4 Å². The number of nitrogens with one attached hydrogen (secondary N) is 2. The minimum Gasteiger partial charge on any atom is -0.444 e. The molecule has 22 heavy (non-hydrogen) atoms. The Balaban J connectivity index is 1.82. The molecule has 1 aliphatic heterocycles. The van der Waals surface area contributed by atoms with Crippen molar-refractivity contribution in [2.75, 3.05) is 18.1 Å². The van der Waals surface area contributed by atoms with Gasteiger partial charge in [0.25, 0.3) is 0 Å². The molecule has 1 saturated carbocycles. The number of amides is 1. The Morgan fingerprint density at radius 3 is 2.50 bits per heavy atom. The van der Waals surface area contributed by atoms with Crippen molar-refractivity contribution in [3.8, 4) is 0 Å². The number of hydrogen-bond donors (Lipinski definition) is 2. The summed E-state index contributed by atoms with van der Waals surface area (Å²) in [4.78, 5) is 11.7. The van der Waals surface area contributed by atoms with Crippen molar-refractivity contribution >= 4 is 15.9 Å². The van der Waals surface area contributed by atoms with Gasteiger partial charge in [0.15, 0.2) is 9.84 Å². The fourth-order valence-electron chi connectivity index (χ4n) is 2.82. The molecule has 1 saturated heterocycles. The molecule has 0 aromatic rings. The summed E-state index contributed by atoms with van der Waals surface area (Å²) < 4.78 is 28.7. The Hall–Kier alpha value is -0.820. The van der Waals surface area contributed by atoms with Gasteiger partial charge in [-0.1, -0.05) is 0 Å². The van der Waals surface area contributed by atoms with Crippen molar-refractivity contribution in [3.05, 3.63) is 0 Å². The first-order valence-electron chi connectivity index (χ1n) is 8.08. The fourth-order valence-corrected chi connectivity index (χ4v) is 4.47. The molecule has 2 atom stereocenters. The summed E-state index contributed by atoms with van der Waals surface area (Å²) in [6.07, 6.45) is 3.45. The van der Waals surface area contributed by atoms with Crippen LogP contribution < -0.4 is 10.6 Å². The summed E-state index contributed by atoms with van der Waals surface area (Å²) in [7, 11) is -2.91. The lowest BCUT2D eigenvalue weighted by Crippen LogP contribution is -2.51. The Kier molecular flexibility index (Phi) is 5.37. The van der Waals surface area contributed by atoms with Gasteiger partial charge >= 0.3 is 6.09 Å². The zero-order chi connectivity index (χ0) is 16.4. The SMILES string of the molecule is CC(C)(C)OC(=O)NCC(NC1CCCS(=O)(=O)C1)C1CC1. The predicted octanol–water partition coefficient (Wildman–Crippen LogP) is 1.46. The quantitative estimate of drug-likeness (QED) is 0.796. The number of rotatable bonds is 5. The van der Waals surface area contributed by atoms with Crippen LogP contribution >= 0.6 is 0 Å². The monoisotopic (exact) mass is 332 g/mol. The topological polar surface area (TPSA) is 84.5 Å². The van der Waals surface area contributed by atoms with Crippen molar-refractivity contribution in [2.45, 2.75) is 64.1 Å². The van der Waals surface area contributed by atoms with Gasteiger partial charge in [-0.25, -0.2) is 13.2 Å². The molecule has 0 aromatic heterocycles. The number of hydrogen-bond acceptors (Lipinski definition) is 5. The van der Waals surface area contributed by atoms with E-state index in [0.29, 0.717) is 18.2 Å². The smallest absolute Gasteiger partial charge is 0.407 e. The van der Waals surface area contributed by atoms with E-state index in [2.05, 4.69) is 10.6 Å². The zero-order valence-electron chi connectivity index (χ0n) is 13.7. The highest BCUT2D eigenvalue weighted by molar-refractivity contribution is 7.91. The molecule has 0 bridgehead atoms. The molecule has 2 N–H and O–H groups in total. The second-order valence-electron chi connectivity index (χ2n) is 7.45. The van der Waals surface area contributed by atoms with Gasteiger partial charge in [-0.2, -0.15) is 0 Å². The minimum atomic E-state index is -2.91. The van der Waals surface area contributed by atoms with Crippen LogP contribution in [-0.2, 0) is 14.6 Å². The maximum Gasteiger partial charge on any atom is 0.407 e. The molecule has 2 rings (SSSR count). The molecule has 128 valence electrons. The van der Waals surface area contributed by atoms with Gasteiger partial charge in [0.1, 0.15) is 5.60 Å². The van der Waals surface area contributed by atoms with E-state index in [0.717, 1.165) is 25.7 Å². The highest BCUT2D eigenvalue weighted by Crippen LogP contribution is 2.33. The number of ether oxygens (including phenoxy) is 1. The normalized spacial score (nSPS) is 26.2. The van der Waals surface area contributed by atoms with Crippen molar-refractivity contribution in [3.63, 3.8) is 0 Å². The van der Waals surface area contributed by atoms with Gasteiger partial charge < -0.3 is 15.4 Å².